The van der Waals surface area contributed by atoms with Crippen LogP contribution >= 0.6 is 0 Å². The van der Waals surface area contributed by atoms with Gasteiger partial charge in [0, 0.05) is 0 Å². The SMILES string of the molecule is CC(C)C1CCCC(C2CCCCCCC2)CC1. The molecule has 2 aliphatic carbocycles. The minimum atomic E-state index is 0.918. The second-order valence-electron chi connectivity index (χ2n) is 7.38. The van der Waals surface area contributed by atoms with Gasteiger partial charge in [-0.05, 0) is 36.5 Å². The third kappa shape index (κ3) is 4.28. The monoisotopic (exact) mass is 250 g/mol. The highest BCUT2D eigenvalue weighted by atomic mass is 14.3. The van der Waals surface area contributed by atoms with Crippen molar-refractivity contribution in [3.8, 4) is 0 Å². The van der Waals surface area contributed by atoms with E-state index < -0.39 is 0 Å². The van der Waals surface area contributed by atoms with E-state index in [0.29, 0.717) is 0 Å². The predicted molar refractivity (Wildman–Crippen MR) is 80.7 cm³/mol. The zero-order valence-electron chi connectivity index (χ0n) is 12.8. The Bertz CT molecular complexity index is 210. The number of hydrogen-bond donors (Lipinski definition) is 0. The van der Waals surface area contributed by atoms with Crippen LogP contribution in [0.25, 0.3) is 0 Å². The molecular formula is C18H34. The van der Waals surface area contributed by atoms with Gasteiger partial charge < -0.3 is 0 Å². The second kappa shape index (κ2) is 7.56. The van der Waals surface area contributed by atoms with E-state index >= 15 is 0 Å². The van der Waals surface area contributed by atoms with Crippen molar-refractivity contribution in [2.75, 3.05) is 0 Å². The Morgan fingerprint density at radius 3 is 1.78 bits per heavy atom. The summed E-state index contributed by atoms with van der Waals surface area (Å²) < 4.78 is 0. The molecule has 0 spiro atoms. The molecule has 2 saturated carbocycles. The van der Waals surface area contributed by atoms with Crippen molar-refractivity contribution in [1.29, 1.82) is 0 Å². The number of hydrogen-bond acceptors (Lipinski definition) is 0. The van der Waals surface area contributed by atoms with Crippen molar-refractivity contribution >= 4 is 0 Å². The molecule has 0 amide bonds. The minimum Gasteiger partial charge on any atom is -0.0625 e. The number of rotatable bonds is 2. The summed E-state index contributed by atoms with van der Waals surface area (Å²) in [6.45, 7) is 4.86. The zero-order chi connectivity index (χ0) is 12.8. The Hall–Kier alpha value is 0. The third-order valence-electron chi connectivity index (χ3n) is 5.82. The predicted octanol–water partition coefficient (Wildman–Crippen LogP) is 6.20. The molecule has 0 saturated heterocycles. The minimum absolute atomic E-state index is 0.918. The van der Waals surface area contributed by atoms with Crippen LogP contribution in [0.5, 0.6) is 0 Å². The Morgan fingerprint density at radius 2 is 1.11 bits per heavy atom. The first-order chi connectivity index (χ1) is 8.77. The molecule has 0 bridgehead atoms. The topological polar surface area (TPSA) is 0 Å². The van der Waals surface area contributed by atoms with Gasteiger partial charge in [-0.15, -0.1) is 0 Å². The molecule has 0 aliphatic heterocycles. The summed E-state index contributed by atoms with van der Waals surface area (Å²) >= 11 is 0. The molecule has 2 atom stereocenters. The van der Waals surface area contributed by atoms with Crippen LogP contribution in [0.15, 0.2) is 0 Å². The summed E-state index contributed by atoms with van der Waals surface area (Å²) in [6.07, 6.45) is 18.3. The lowest BCUT2D eigenvalue weighted by Gasteiger charge is -2.28. The van der Waals surface area contributed by atoms with Gasteiger partial charge in [-0.25, -0.2) is 0 Å². The maximum atomic E-state index is 2.43. The largest absolute Gasteiger partial charge is 0.0625 e. The van der Waals surface area contributed by atoms with Crippen molar-refractivity contribution in [1.82, 2.24) is 0 Å². The first-order valence-electron chi connectivity index (χ1n) is 8.77. The highest BCUT2D eigenvalue weighted by molar-refractivity contribution is 4.78. The van der Waals surface area contributed by atoms with Gasteiger partial charge in [-0.2, -0.15) is 0 Å². The standard InChI is InChI=1S/C18H34/c1-15(2)16-11-8-12-18(14-13-16)17-9-6-4-3-5-7-10-17/h15-18H,3-14H2,1-2H3. The molecule has 106 valence electrons. The molecule has 2 aliphatic rings. The maximum Gasteiger partial charge on any atom is -0.0386 e. The zero-order valence-corrected chi connectivity index (χ0v) is 12.8. The molecule has 2 rings (SSSR count). The van der Waals surface area contributed by atoms with Crippen molar-refractivity contribution in [2.24, 2.45) is 23.7 Å². The molecule has 0 heteroatoms. The first kappa shape index (κ1) is 14.4. The lowest BCUT2D eigenvalue weighted by atomic mass is 9.78. The normalized spacial score (nSPS) is 32.8. The summed E-state index contributed by atoms with van der Waals surface area (Å²) in [5, 5.41) is 0. The van der Waals surface area contributed by atoms with Crippen LogP contribution in [0.4, 0.5) is 0 Å². The Balaban J connectivity index is 1.83. The smallest absolute Gasteiger partial charge is 0.0386 e. The van der Waals surface area contributed by atoms with Crippen molar-refractivity contribution < 1.29 is 0 Å². The molecule has 0 aromatic rings. The van der Waals surface area contributed by atoms with E-state index in [-0.39, 0.29) is 0 Å². The van der Waals surface area contributed by atoms with Gasteiger partial charge >= 0.3 is 0 Å². The van der Waals surface area contributed by atoms with Crippen LogP contribution < -0.4 is 0 Å². The van der Waals surface area contributed by atoms with E-state index in [9.17, 15) is 0 Å². The molecule has 2 fully saturated rings. The van der Waals surface area contributed by atoms with Crippen LogP contribution in [0.3, 0.4) is 0 Å². The van der Waals surface area contributed by atoms with Crippen molar-refractivity contribution in [2.45, 2.75) is 90.9 Å². The molecule has 0 nitrogen and oxygen atoms in total. The Kier molecular flexibility index (Phi) is 6.05. The summed E-state index contributed by atoms with van der Waals surface area (Å²) in [5.74, 6) is 4.13. The van der Waals surface area contributed by atoms with Crippen LogP contribution in [0.2, 0.25) is 0 Å². The fourth-order valence-electron chi connectivity index (χ4n) is 4.46. The van der Waals surface area contributed by atoms with Crippen molar-refractivity contribution in [3.63, 3.8) is 0 Å². The van der Waals surface area contributed by atoms with Gasteiger partial charge in [-0.1, -0.05) is 78.1 Å². The molecule has 2 unspecified atom stereocenters. The van der Waals surface area contributed by atoms with Gasteiger partial charge in [0.1, 0.15) is 0 Å². The van der Waals surface area contributed by atoms with E-state index in [4.69, 9.17) is 0 Å². The molecule has 0 N–H and O–H groups in total. The van der Waals surface area contributed by atoms with Crippen LogP contribution in [-0.2, 0) is 0 Å². The molecular weight excluding hydrogens is 216 g/mol. The molecule has 18 heavy (non-hydrogen) atoms. The third-order valence-corrected chi connectivity index (χ3v) is 5.82. The van der Waals surface area contributed by atoms with E-state index in [1.165, 1.54) is 51.4 Å². The van der Waals surface area contributed by atoms with Gasteiger partial charge in [-0.3, -0.25) is 0 Å². The molecule has 0 aromatic carbocycles. The average Bonchev–Trinajstić information content (AvgIpc) is 2.54. The van der Waals surface area contributed by atoms with E-state index in [2.05, 4.69) is 13.8 Å². The fourth-order valence-corrected chi connectivity index (χ4v) is 4.46. The van der Waals surface area contributed by atoms with Crippen LogP contribution in [-0.4, -0.2) is 0 Å². The highest BCUT2D eigenvalue weighted by Gasteiger charge is 2.26. The Labute approximate surface area is 115 Å². The van der Waals surface area contributed by atoms with Gasteiger partial charge in [0.05, 0.1) is 0 Å². The quantitative estimate of drug-likeness (QED) is 0.512. The van der Waals surface area contributed by atoms with Crippen molar-refractivity contribution in [3.05, 3.63) is 0 Å². The van der Waals surface area contributed by atoms with E-state index in [1.54, 1.807) is 25.7 Å². The summed E-state index contributed by atoms with van der Waals surface area (Å²) in [4.78, 5) is 0. The fraction of sp³-hybridized carbons (Fsp3) is 1.00. The Morgan fingerprint density at radius 1 is 0.556 bits per heavy atom. The van der Waals surface area contributed by atoms with E-state index in [1.807, 2.05) is 0 Å². The summed E-state index contributed by atoms with van der Waals surface area (Å²) in [5.41, 5.74) is 0. The lowest BCUT2D eigenvalue weighted by Crippen LogP contribution is -2.16. The summed E-state index contributed by atoms with van der Waals surface area (Å²) in [7, 11) is 0. The van der Waals surface area contributed by atoms with Crippen LogP contribution in [0, 0.1) is 23.7 Å². The molecule has 0 radical (unpaired) electrons. The average molecular weight is 250 g/mol. The first-order valence-corrected chi connectivity index (χ1v) is 8.77. The highest BCUT2D eigenvalue weighted by Crippen LogP contribution is 2.39. The summed E-state index contributed by atoms with van der Waals surface area (Å²) in [6, 6.07) is 0. The van der Waals surface area contributed by atoms with Crippen LogP contribution in [0.1, 0.15) is 90.9 Å². The van der Waals surface area contributed by atoms with Gasteiger partial charge in [0.2, 0.25) is 0 Å². The second-order valence-corrected chi connectivity index (χ2v) is 7.38. The van der Waals surface area contributed by atoms with Gasteiger partial charge in [0.15, 0.2) is 0 Å². The lowest BCUT2D eigenvalue weighted by molar-refractivity contribution is 0.236. The molecule has 0 aromatic heterocycles. The van der Waals surface area contributed by atoms with Gasteiger partial charge in [0.25, 0.3) is 0 Å². The van der Waals surface area contributed by atoms with E-state index in [0.717, 1.165) is 23.7 Å². The maximum absolute atomic E-state index is 2.43. The molecule has 0 heterocycles.